The SMILES string of the molecule is CCc1cc(NC(=O)CNC(=O)Nc2ccccc2)n[nH]1. The Morgan fingerprint density at radius 2 is 1.95 bits per heavy atom. The number of aryl methyl sites for hydroxylation is 1. The second-order valence-electron chi connectivity index (χ2n) is 4.35. The lowest BCUT2D eigenvalue weighted by atomic mass is 10.3. The Balaban J connectivity index is 1.74. The molecule has 1 heterocycles. The zero-order chi connectivity index (χ0) is 15.1. The van der Waals surface area contributed by atoms with Crippen LogP contribution in [0.25, 0.3) is 0 Å². The van der Waals surface area contributed by atoms with E-state index in [2.05, 4.69) is 26.1 Å². The number of benzene rings is 1. The third kappa shape index (κ3) is 4.64. The minimum atomic E-state index is -0.437. The molecular formula is C14H17N5O2. The van der Waals surface area contributed by atoms with Crippen molar-refractivity contribution in [1.29, 1.82) is 0 Å². The molecule has 7 heteroatoms. The topological polar surface area (TPSA) is 98.9 Å². The molecule has 21 heavy (non-hydrogen) atoms. The van der Waals surface area contributed by atoms with E-state index in [4.69, 9.17) is 0 Å². The Labute approximate surface area is 122 Å². The molecule has 0 aliphatic heterocycles. The zero-order valence-electron chi connectivity index (χ0n) is 11.6. The monoisotopic (exact) mass is 287 g/mol. The van der Waals surface area contributed by atoms with Gasteiger partial charge in [-0.15, -0.1) is 0 Å². The van der Waals surface area contributed by atoms with Gasteiger partial charge in [-0.3, -0.25) is 9.89 Å². The second kappa shape index (κ2) is 7.09. The Morgan fingerprint density at radius 3 is 2.62 bits per heavy atom. The molecule has 0 spiro atoms. The van der Waals surface area contributed by atoms with Gasteiger partial charge in [0.05, 0.1) is 6.54 Å². The molecule has 0 saturated heterocycles. The van der Waals surface area contributed by atoms with E-state index >= 15 is 0 Å². The summed E-state index contributed by atoms with van der Waals surface area (Å²) in [6, 6.07) is 10.3. The van der Waals surface area contributed by atoms with Crippen LogP contribution in [0.4, 0.5) is 16.3 Å². The fourth-order valence-corrected chi connectivity index (χ4v) is 1.65. The average Bonchev–Trinajstić information content (AvgIpc) is 2.94. The third-order valence-electron chi connectivity index (χ3n) is 2.72. The molecule has 0 fully saturated rings. The summed E-state index contributed by atoms with van der Waals surface area (Å²) in [6.07, 6.45) is 0.806. The van der Waals surface area contributed by atoms with E-state index in [1.165, 1.54) is 0 Å². The maximum atomic E-state index is 11.7. The van der Waals surface area contributed by atoms with Crippen LogP contribution in [-0.2, 0) is 11.2 Å². The van der Waals surface area contributed by atoms with Gasteiger partial charge in [-0.1, -0.05) is 25.1 Å². The highest BCUT2D eigenvalue weighted by Crippen LogP contribution is 2.05. The van der Waals surface area contributed by atoms with Crippen LogP contribution in [0, 0.1) is 0 Å². The van der Waals surface area contributed by atoms with Gasteiger partial charge in [0, 0.05) is 17.4 Å². The van der Waals surface area contributed by atoms with Gasteiger partial charge in [0.15, 0.2) is 5.82 Å². The number of aromatic nitrogens is 2. The van der Waals surface area contributed by atoms with Gasteiger partial charge in [0.25, 0.3) is 0 Å². The quantitative estimate of drug-likeness (QED) is 0.674. The van der Waals surface area contributed by atoms with Gasteiger partial charge in [0.2, 0.25) is 5.91 Å². The van der Waals surface area contributed by atoms with Crippen molar-refractivity contribution in [2.24, 2.45) is 0 Å². The summed E-state index contributed by atoms with van der Waals surface area (Å²) < 4.78 is 0. The van der Waals surface area contributed by atoms with E-state index in [0.717, 1.165) is 12.1 Å². The van der Waals surface area contributed by atoms with Crippen LogP contribution in [0.3, 0.4) is 0 Å². The van der Waals surface area contributed by atoms with Crippen LogP contribution in [0.5, 0.6) is 0 Å². The molecule has 1 aromatic heterocycles. The van der Waals surface area contributed by atoms with Gasteiger partial charge in [-0.05, 0) is 18.6 Å². The molecule has 2 rings (SSSR count). The molecule has 4 N–H and O–H groups in total. The molecule has 3 amide bonds. The number of rotatable bonds is 5. The lowest BCUT2D eigenvalue weighted by molar-refractivity contribution is -0.115. The number of amides is 3. The average molecular weight is 287 g/mol. The summed E-state index contributed by atoms with van der Waals surface area (Å²) in [4.78, 5) is 23.3. The first-order chi connectivity index (χ1) is 10.2. The first-order valence-electron chi connectivity index (χ1n) is 6.61. The molecule has 2 aromatic rings. The van der Waals surface area contributed by atoms with Crippen molar-refractivity contribution in [3.05, 3.63) is 42.1 Å². The van der Waals surface area contributed by atoms with Crippen molar-refractivity contribution in [3.63, 3.8) is 0 Å². The minimum Gasteiger partial charge on any atom is -0.329 e. The summed E-state index contributed by atoms with van der Waals surface area (Å²) in [5.41, 5.74) is 1.59. The summed E-state index contributed by atoms with van der Waals surface area (Å²) in [5.74, 6) is 0.106. The van der Waals surface area contributed by atoms with Crippen LogP contribution in [0.2, 0.25) is 0 Å². The standard InChI is InChI=1S/C14H17N5O2/c1-2-10-8-12(19-18-10)17-13(20)9-15-14(21)16-11-6-4-3-5-7-11/h3-8H,2,9H2,1H3,(H2,15,16,21)(H2,17,18,19,20). The number of urea groups is 1. The summed E-state index contributed by atoms with van der Waals surface area (Å²) in [6.45, 7) is 1.85. The van der Waals surface area contributed by atoms with Crippen LogP contribution < -0.4 is 16.0 Å². The maximum Gasteiger partial charge on any atom is 0.319 e. The highest BCUT2D eigenvalue weighted by Gasteiger charge is 2.07. The molecule has 0 unspecified atom stereocenters. The van der Waals surface area contributed by atoms with Gasteiger partial charge < -0.3 is 16.0 Å². The van der Waals surface area contributed by atoms with Crippen molar-refractivity contribution in [2.75, 3.05) is 17.2 Å². The summed E-state index contributed by atoms with van der Waals surface area (Å²) in [5, 5.41) is 14.4. The number of para-hydroxylation sites is 1. The normalized spacial score (nSPS) is 9.95. The van der Waals surface area contributed by atoms with Crippen molar-refractivity contribution in [1.82, 2.24) is 15.5 Å². The first-order valence-corrected chi connectivity index (χ1v) is 6.61. The minimum absolute atomic E-state index is 0.132. The van der Waals surface area contributed by atoms with E-state index in [9.17, 15) is 9.59 Å². The molecule has 0 aliphatic carbocycles. The van der Waals surface area contributed by atoms with Crippen LogP contribution in [0.15, 0.2) is 36.4 Å². The largest absolute Gasteiger partial charge is 0.329 e. The molecule has 7 nitrogen and oxygen atoms in total. The predicted octanol–water partition coefficient (Wildman–Crippen LogP) is 1.73. The number of H-pyrrole nitrogens is 1. The molecule has 0 aliphatic rings. The van der Waals surface area contributed by atoms with Crippen LogP contribution >= 0.6 is 0 Å². The summed E-state index contributed by atoms with van der Waals surface area (Å²) in [7, 11) is 0. The predicted molar refractivity (Wildman–Crippen MR) is 80.1 cm³/mol. The fourth-order valence-electron chi connectivity index (χ4n) is 1.65. The van der Waals surface area contributed by atoms with E-state index in [0.29, 0.717) is 11.5 Å². The fraction of sp³-hybridized carbons (Fsp3) is 0.214. The molecule has 0 saturated carbocycles. The van der Waals surface area contributed by atoms with E-state index in [1.807, 2.05) is 25.1 Å². The number of aromatic amines is 1. The number of nitrogens with zero attached hydrogens (tertiary/aromatic N) is 1. The number of carbonyl (C=O) groups excluding carboxylic acids is 2. The van der Waals surface area contributed by atoms with Crippen LogP contribution in [0.1, 0.15) is 12.6 Å². The highest BCUT2D eigenvalue weighted by atomic mass is 16.2. The van der Waals surface area contributed by atoms with Crippen molar-refractivity contribution < 1.29 is 9.59 Å². The second-order valence-corrected chi connectivity index (χ2v) is 4.35. The van der Waals surface area contributed by atoms with Crippen LogP contribution in [-0.4, -0.2) is 28.7 Å². The molecule has 0 bridgehead atoms. The van der Waals surface area contributed by atoms with Gasteiger partial charge >= 0.3 is 6.03 Å². The van der Waals surface area contributed by atoms with Gasteiger partial charge in [-0.2, -0.15) is 5.10 Å². The van der Waals surface area contributed by atoms with Gasteiger partial charge in [0.1, 0.15) is 0 Å². The Kier molecular flexibility index (Phi) is 4.92. The van der Waals surface area contributed by atoms with Crippen molar-refractivity contribution in [3.8, 4) is 0 Å². The molecule has 0 radical (unpaired) electrons. The number of nitrogens with one attached hydrogen (secondary N) is 4. The number of hydrogen-bond donors (Lipinski definition) is 4. The summed E-state index contributed by atoms with van der Waals surface area (Å²) >= 11 is 0. The molecule has 1 aromatic carbocycles. The highest BCUT2D eigenvalue weighted by molar-refractivity contribution is 5.96. The van der Waals surface area contributed by atoms with E-state index in [-0.39, 0.29) is 12.5 Å². The lowest BCUT2D eigenvalue weighted by Crippen LogP contribution is -2.35. The first kappa shape index (κ1) is 14.6. The smallest absolute Gasteiger partial charge is 0.319 e. The Hall–Kier alpha value is -2.83. The van der Waals surface area contributed by atoms with Crippen molar-refractivity contribution in [2.45, 2.75) is 13.3 Å². The molecule has 110 valence electrons. The zero-order valence-corrected chi connectivity index (χ0v) is 11.6. The molecule has 0 atom stereocenters. The number of anilines is 2. The van der Waals surface area contributed by atoms with E-state index < -0.39 is 6.03 Å². The Bertz CT molecular complexity index is 609. The van der Waals surface area contributed by atoms with Gasteiger partial charge in [-0.25, -0.2) is 4.79 Å². The molecular weight excluding hydrogens is 270 g/mol. The third-order valence-corrected chi connectivity index (χ3v) is 2.72. The number of hydrogen-bond acceptors (Lipinski definition) is 3. The number of carbonyl (C=O) groups is 2. The lowest BCUT2D eigenvalue weighted by Gasteiger charge is -2.07. The van der Waals surface area contributed by atoms with E-state index in [1.54, 1.807) is 18.2 Å². The Morgan fingerprint density at radius 1 is 1.19 bits per heavy atom. The van der Waals surface area contributed by atoms with Crippen molar-refractivity contribution >= 4 is 23.4 Å². The maximum absolute atomic E-state index is 11.7.